The molecule has 0 amide bonds. The van der Waals surface area contributed by atoms with Crippen LogP contribution < -0.4 is 0 Å². The molecule has 0 aliphatic heterocycles. The number of nitro benzene ring substituents is 1. The molecule has 0 heterocycles. The van der Waals surface area contributed by atoms with Crippen LogP contribution in [-0.2, 0) is 9.53 Å². The van der Waals surface area contributed by atoms with E-state index in [4.69, 9.17) is 4.74 Å². The molecule has 1 atom stereocenters. The van der Waals surface area contributed by atoms with Gasteiger partial charge in [-0.05, 0) is 12.0 Å². The van der Waals surface area contributed by atoms with Crippen LogP contribution in [0.2, 0.25) is 0 Å². The number of ether oxygens (including phenoxy) is 1. The van der Waals surface area contributed by atoms with Gasteiger partial charge in [0, 0.05) is 6.07 Å². The lowest BCUT2D eigenvalue weighted by atomic mass is 10.0. The Kier molecular flexibility index (Phi) is 5.40. The van der Waals surface area contributed by atoms with Gasteiger partial charge >= 0.3 is 5.97 Å². The highest BCUT2D eigenvalue weighted by Crippen LogP contribution is 2.29. The number of aliphatic hydroxyl groups is 1. The summed E-state index contributed by atoms with van der Waals surface area (Å²) in [7, 11) is 0. The minimum absolute atomic E-state index is 0.0176. The molecule has 1 aromatic rings. The van der Waals surface area contributed by atoms with E-state index in [9.17, 15) is 20.0 Å². The minimum Gasteiger partial charge on any atom is -0.462 e. The summed E-state index contributed by atoms with van der Waals surface area (Å²) in [4.78, 5) is 22.0. The number of benzene rings is 1. The zero-order valence-electron chi connectivity index (χ0n) is 11.4. The van der Waals surface area contributed by atoms with Crippen LogP contribution in [0.4, 0.5) is 5.69 Å². The van der Waals surface area contributed by atoms with E-state index < -0.39 is 17.0 Å². The third-order valence-corrected chi connectivity index (χ3v) is 2.57. The van der Waals surface area contributed by atoms with E-state index in [0.717, 1.165) is 0 Å². The molecule has 0 fully saturated rings. The number of nitro groups is 1. The van der Waals surface area contributed by atoms with Crippen LogP contribution in [0, 0.1) is 16.0 Å². The molecule has 1 unspecified atom stereocenters. The van der Waals surface area contributed by atoms with Crippen molar-refractivity contribution >= 4 is 11.7 Å². The van der Waals surface area contributed by atoms with Crippen LogP contribution >= 0.6 is 0 Å². The van der Waals surface area contributed by atoms with Gasteiger partial charge in [-0.1, -0.05) is 32.6 Å². The van der Waals surface area contributed by atoms with Crippen molar-refractivity contribution in [1.82, 2.24) is 0 Å². The van der Waals surface area contributed by atoms with Gasteiger partial charge in [-0.25, -0.2) is 4.79 Å². The summed E-state index contributed by atoms with van der Waals surface area (Å²) in [5.74, 6) is -0.612. The van der Waals surface area contributed by atoms with E-state index in [-0.39, 0.29) is 29.3 Å². The fourth-order valence-corrected chi connectivity index (χ4v) is 1.52. The van der Waals surface area contributed by atoms with Crippen molar-refractivity contribution in [3.63, 3.8) is 0 Å². The zero-order valence-corrected chi connectivity index (χ0v) is 11.4. The van der Waals surface area contributed by atoms with Crippen molar-refractivity contribution in [2.75, 3.05) is 6.61 Å². The van der Waals surface area contributed by atoms with E-state index in [1.54, 1.807) is 0 Å². The van der Waals surface area contributed by atoms with Gasteiger partial charge in [0.2, 0.25) is 0 Å². The van der Waals surface area contributed by atoms with Gasteiger partial charge in [0.25, 0.3) is 5.69 Å². The molecule has 1 rings (SSSR count). The molecule has 0 aromatic heterocycles. The number of esters is 1. The molecular formula is C14H17NO5. The van der Waals surface area contributed by atoms with E-state index in [1.807, 2.05) is 13.8 Å². The zero-order chi connectivity index (χ0) is 15.3. The normalized spacial score (nSPS) is 12.0. The molecule has 6 nitrogen and oxygen atoms in total. The smallest absolute Gasteiger partial charge is 0.336 e. The number of aliphatic hydroxyl groups excluding tert-OH is 1. The number of hydrogen-bond donors (Lipinski definition) is 1. The average Bonchev–Trinajstić information content (AvgIpc) is 2.42. The number of para-hydroxylation sites is 1. The van der Waals surface area contributed by atoms with E-state index in [0.29, 0.717) is 0 Å². The van der Waals surface area contributed by atoms with Gasteiger partial charge in [0.15, 0.2) is 0 Å². The summed E-state index contributed by atoms with van der Waals surface area (Å²) < 4.78 is 4.94. The van der Waals surface area contributed by atoms with Crippen molar-refractivity contribution < 1.29 is 19.6 Å². The molecule has 6 heteroatoms. The standard InChI is InChI=1S/C14H17NO5/c1-9(2)8-20-14(17)10(3)13(16)11-6-4-5-7-12(11)15(18)19/h4-7,9,13,16H,3,8H2,1-2H3. The first-order valence-corrected chi connectivity index (χ1v) is 6.12. The Morgan fingerprint density at radius 1 is 1.45 bits per heavy atom. The van der Waals surface area contributed by atoms with Crippen LogP contribution in [0.5, 0.6) is 0 Å². The fraction of sp³-hybridized carbons (Fsp3) is 0.357. The number of rotatable bonds is 6. The Morgan fingerprint density at radius 2 is 2.05 bits per heavy atom. The Hall–Kier alpha value is -2.21. The van der Waals surface area contributed by atoms with Crippen LogP contribution in [0.25, 0.3) is 0 Å². The van der Waals surface area contributed by atoms with Crippen LogP contribution in [0.3, 0.4) is 0 Å². The van der Waals surface area contributed by atoms with Crippen LogP contribution in [0.1, 0.15) is 25.5 Å². The van der Waals surface area contributed by atoms with Gasteiger partial charge in [-0.3, -0.25) is 10.1 Å². The fourth-order valence-electron chi connectivity index (χ4n) is 1.52. The highest BCUT2D eigenvalue weighted by Gasteiger charge is 2.26. The molecule has 20 heavy (non-hydrogen) atoms. The van der Waals surface area contributed by atoms with E-state index >= 15 is 0 Å². The highest BCUT2D eigenvalue weighted by molar-refractivity contribution is 5.89. The number of carbonyl (C=O) groups is 1. The maximum atomic E-state index is 11.7. The number of nitrogens with zero attached hydrogens (tertiary/aromatic N) is 1. The Balaban J connectivity index is 2.89. The quantitative estimate of drug-likeness (QED) is 0.374. The Labute approximate surface area is 116 Å². The first-order chi connectivity index (χ1) is 9.34. The summed E-state index contributed by atoms with van der Waals surface area (Å²) in [6, 6.07) is 5.65. The maximum absolute atomic E-state index is 11.7. The number of carbonyl (C=O) groups excluding carboxylic acids is 1. The van der Waals surface area contributed by atoms with Crippen molar-refractivity contribution in [2.24, 2.45) is 5.92 Å². The predicted octanol–water partition coefficient (Wildman–Crippen LogP) is 2.38. The Bertz CT molecular complexity index is 524. The molecule has 108 valence electrons. The third-order valence-electron chi connectivity index (χ3n) is 2.57. The molecule has 0 saturated carbocycles. The molecule has 0 aliphatic carbocycles. The second-order valence-electron chi connectivity index (χ2n) is 4.74. The summed E-state index contributed by atoms with van der Waals surface area (Å²) >= 11 is 0. The first-order valence-electron chi connectivity index (χ1n) is 6.12. The van der Waals surface area contributed by atoms with Crippen molar-refractivity contribution in [1.29, 1.82) is 0 Å². The van der Waals surface area contributed by atoms with Gasteiger partial charge < -0.3 is 9.84 Å². The molecule has 0 bridgehead atoms. The van der Waals surface area contributed by atoms with Crippen LogP contribution in [-0.4, -0.2) is 22.6 Å². The van der Waals surface area contributed by atoms with Crippen molar-refractivity contribution in [2.45, 2.75) is 20.0 Å². The van der Waals surface area contributed by atoms with Gasteiger partial charge in [0.05, 0.1) is 22.7 Å². The molecule has 0 saturated heterocycles. The predicted molar refractivity (Wildman–Crippen MR) is 73.0 cm³/mol. The van der Waals surface area contributed by atoms with Crippen LogP contribution in [0.15, 0.2) is 36.4 Å². The molecule has 0 radical (unpaired) electrons. The molecule has 0 spiro atoms. The number of hydrogen-bond acceptors (Lipinski definition) is 5. The minimum atomic E-state index is -1.46. The van der Waals surface area contributed by atoms with Gasteiger partial charge in [-0.2, -0.15) is 0 Å². The highest BCUT2D eigenvalue weighted by atomic mass is 16.6. The second kappa shape index (κ2) is 6.81. The van der Waals surface area contributed by atoms with E-state index in [2.05, 4.69) is 6.58 Å². The summed E-state index contributed by atoms with van der Waals surface area (Å²) in [5.41, 5.74) is -0.471. The lowest BCUT2D eigenvalue weighted by molar-refractivity contribution is -0.386. The van der Waals surface area contributed by atoms with Gasteiger partial charge in [0.1, 0.15) is 6.10 Å². The van der Waals surface area contributed by atoms with Crippen molar-refractivity contribution in [3.05, 3.63) is 52.1 Å². The topological polar surface area (TPSA) is 89.7 Å². The summed E-state index contributed by atoms with van der Waals surface area (Å²) in [6.45, 7) is 7.40. The SMILES string of the molecule is C=C(C(=O)OCC(C)C)C(O)c1ccccc1[N+](=O)[O-]. The van der Waals surface area contributed by atoms with E-state index in [1.165, 1.54) is 24.3 Å². The van der Waals surface area contributed by atoms with Gasteiger partial charge in [-0.15, -0.1) is 0 Å². The summed E-state index contributed by atoms with van der Waals surface area (Å²) in [5, 5.41) is 20.9. The molecular weight excluding hydrogens is 262 g/mol. The largest absolute Gasteiger partial charge is 0.462 e. The summed E-state index contributed by atoms with van der Waals surface area (Å²) in [6.07, 6.45) is -1.46. The molecule has 0 aliphatic rings. The maximum Gasteiger partial charge on any atom is 0.336 e. The molecule has 1 aromatic carbocycles. The third kappa shape index (κ3) is 3.89. The van der Waals surface area contributed by atoms with Crippen molar-refractivity contribution in [3.8, 4) is 0 Å². The lowest BCUT2D eigenvalue weighted by Gasteiger charge is -2.14. The lowest BCUT2D eigenvalue weighted by Crippen LogP contribution is -2.17. The second-order valence-corrected chi connectivity index (χ2v) is 4.74. The Morgan fingerprint density at radius 3 is 2.60 bits per heavy atom. The molecule has 1 N–H and O–H groups in total. The first kappa shape index (κ1) is 15.8. The monoisotopic (exact) mass is 279 g/mol. The average molecular weight is 279 g/mol.